The molecule has 4 heteroatoms. The Balaban J connectivity index is 1.93. The van der Waals surface area contributed by atoms with Crippen LogP contribution in [0.1, 0.15) is 22.9 Å². The molecule has 0 amide bonds. The van der Waals surface area contributed by atoms with E-state index in [1.165, 1.54) is 10.4 Å². The summed E-state index contributed by atoms with van der Waals surface area (Å²) >= 11 is 1.73. The van der Waals surface area contributed by atoms with Crippen LogP contribution in [-0.2, 0) is 6.42 Å². The lowest BCUT2D eigenvalue weighted by atomic mass is 10.0. The van der Waals surface area contributed by atoms with Crippen molar-refractivity contribution in [2.24, 2.45) is 5.84 Å². The van der Waals surface area contributed by atoms with Crippen LogP contribution in [0.3, 0.4) is 0 Å². The third-order valence-corrected chi connectivity index (χ3v) is 3.95. The molecule has 1 unspecified atom stereocenters. The fourth-order valence-electron chi connectivity index (χ4n) is 1.90. The van der Waals surface area contributed by atoms with Crippen LogP contribution in [0.15, 0.2) is 41.8 Å². The number of nitrogens with two attached hydrogens (primary N) is 1. The highest BCUT2D eigenvalue weighted by molar-refractivity contribution is 7.10. The van der Waals surface area contributed by atoms with E-state index in [0.717, 1.165) is 18.6 Å². The minimum Gasteiger partial charge on any atom is -0.497 e. The lowest BCUT2D eigenvalue weighted by Crippen LogP contribution is -2.27. The summed E-state index contributed by atoms with van der Waals surface area (Å²) < 4.78 is 5.14. The Morgan fingerprint density at radius 2 is 2.06 bits per heavy atom. The molecule has 0 fully saturated rings. The predicted octanol–water partition coefficient (Wildman–Crippen LogP) is 2.89. The Labute approximate surface area is 112 Å². The van der Waals surface area contributed by atoms with Crippen molar-refractivity contribution in [3.8, 4) is 5.75 Å². The number of hydrogen-bond donors (Lipinski definition) is 2. The summed E-state index contributed by atoms with van der Waals surface area (Å²) in [6.45, 7) is 0. The number of hydrogen-bond acceptors (Lipinski definition) is 4. The van der Waals surface area contributed by atoms with Gasteiger partial charge in [-0.15, -0.1) is 11.3 Å². The summed E-state index contributed by atoms with van der Waals surface area (Å²) in [5.74, 6) is 6.50. The first kappa shape index (κ1) is 13.1. The van der Waals surface area contributed by atoms with Gasteiger partial charge in [0.25, 0.3) is 0 Å². The average molecular weight is 262 g/mol. The van der Waals surface area contributed by atoms with Gasteiger partial charge in [0, 0.05) is 4.88 Å². The van der Waals surface area contributed by atoms with Gasteiger partial charge in [0.1, 0.15) is 5.75 Å². The fourth-order valence-corrected chi connectivity index (χ4v) is 2.72. The van der Waals surface area contributed by atoms with E-state index in [1.807, 2.05) is 12.1 Å². The summed E-state index contributed by atoms with van der Waals surface area (Å²) in [5, 5.41) is 2.08. The molecule has 3 nitrogen and oxygen atoms in total. The van der Waals surface area contributed by atoms with Crippen molar-refractivity contribution in [3.05, 3.63) is 52.2 Å². The second kappa shape index (κ2) is 6.54. The zero-order valence-corrected chi connectivity index (χ0v) is 11.2. The van der Waals surface area contributed by atoms with Gasteiger partial charge in [-0.25, -0.2) is 0 Å². The van der Waals surface area contributed by atoms with Gasteiger partial charge < -0.3 is 4.74 Å². The molecule has 0 aliphatic carbocycles. The van der Waals surface area contributed by atoms with Crippen molar-refractivity contribution in [2.45, 2.75) is 18.9 Å². The van der Waals surface area contributed by atoms with Crippen molar-refractivity contribution in [3.63, 3.8) is 0 Å². The Morgan fingerprint density at radius 1 is 1.28 bits per heavy atom. The van der Waals surface area contributed by atoms with Crippen molar-refractivity contribution in [2.75, 3.05) is 7.11 Å². The molecule has 1 aromatic carbocycles. The van der Waals surface area contributed by atoms with E-state index in [0.29, 0.717) is 0 Å². The van der Waals surface area contributed by atoms with Gasteiger partial charge >= 0.3 is 0 Å². The van der Waals surface area contributed by atoms with E-state index in [-0.39, 0.29) is 6.04 Å². The van der Waals surface area contributed by atoms with Crippen LogP contribution >= 0.6 is 11.3 Å². The van der Waals surface area contributed by atoms with Gasteiger partial charge in [-0.3, -0.25) is 11.3 Å². The summed E-state index contributed by atoms with van der Waals surface area (Å²) in [4.78, 5) is 1.28. The molecule has 1 atom stereocenters. The molecule has 0 aliphatic heterocycles. The molecule has 0 radical (unpaired) electrons. The van der Waals surface area contributed by atoms with Crippen LogP contribution in [0.4, 0.5) is 0 Å². The topological polar surface area (TPSA) is 47.3 Å². The molecule has 0 saturated carbocycles. The number of aryl methyl sites for hydroxylation is 1. The van der Waals surface area contributed by atoms with Crippen molar-refractivity contribution < 1.29 is 4.74 Å². The molecule has 0 bridgehead atoms. The maximum Gasteiger partial charge on any atom is 0.118 e. The van der Waals surface area contributed by atoms with Crippen molar-refractivity contribution >= 4 is 11.3 Å². The maximum absolute atomic E-state index is 5.61. The molecule has 0 aliphatic rings. The van der Waals surface area contributed by atoms with Crippen molar-refractivity contribution in [1.29, 1.82) is 0 Å². The molecule has 0 saturated heterocycles. The molecule has 0 spiro atoms. The van der Waals surface area contributed by atoms with E-state index in [4.69, 9.17) is 10.6 Å². The van der Waals surface area contributed by atoms with E-state index in [2.05, 4.69) is 35.1 Å². The number of benzene rings is 1. The zero-order valence-electron chi connectivity index (χ0n) is 10.4. The Kier molecular flexibility index (Phi) is 4.75. The second-order valence-corrected chi connectivity index (χ2v) is 5.10. The van der Waals surface area contributed by atoms with Gasteiger partial charge in [0.05, 0.1) is 13.2 Å². The molecule has 3 N–H and O–H groups in total. The zero-order chi connectivity index (χ0) is 12.8. The summed E-state index contributed by atoms with van der Waals surface area (Å²) in [6, 6.07) is 12.6. The SMILES string of the molecule is COc1ccc(CCC(NN)c2cccs2)cc1. The summed E-state index contributed by atoms with van der Waals surface area (Å²) in [6.07, 6.45) is 1.99. The number of rotatable bonds is 6. The van der Waals surface area contributed by atoms with Crippen LogP contribution < -0.4 is 16.0 Å². The Bertz CT molecular complexity index is 453. The predicted molar refractivity (Wildman–Crippen MR) is 75.7 cm³/mol. The number of nitrogens with one attached hydrogen (secondary N) is 1. The quantitative estimate of drug-likeness (QED) is 0.621. The minimum atomic E-state index is 0.229. The lowest BCUT2D eigenvalue weighted by molar-refractivity contribution is 0.414. The normalized spacial score (nSPS) is 12.3. The van der Waals surface area contributed by atoms with Crippen LogP contribution in [0, 0.1) is 0 Å². The van der Waals surface area contributed by atoms with E-state index >= 15 is 0 Å². The van der Waals surface area contributed by atoms with Crippen LogP contribution in [0.2, 0.25) is 0 Å². The minimum absolute atomic E-state index is 0.229. The molecule has 1 aromatic heterocycles. The van der Waals surface area contributed by atoms with Gasteiger partial charge in [0.2, 0.25) is 0 Å². The number of thiophene rings is 1. The first-order valence-corrected chi connectivity index (χ1v) is 6.84. The smallest absolute Gasteiger partial charge is 0.118 e. The average Bonchev–Trinajstić information content (AvgIpc) is 2.94. The van der Waals surface area contributed by atoms with Crippen LogP contribution in [0.25, 0.3) is 0 Å². The third kappa shape index (κ3) is 3.32. The Morgan fingerprint density at radius 3 is 2.61 bits per heavy atom. The molecule has 2 aromatic rings. The maximum atomic E-state index is 5.61. The third-order valence-electron chi connectivity index (χ3n) is 2.97. The summed E-state index contributed by atoms with van der Waals surface area (Å²) in [5.41, 5.74) is 4.18. The Hall–Kier alpha value is -1.36. The molecule has 2 rings (SSSR count). The molecule has 18 heavy (non-hydrogen) atoms. The van der Waals surface area contributed by atoms with E-state index in [9.17, 15) is 0 Å². The first-order valence-electron chi connectivity index (χ1n) is 5.96. The highest BCUT2D eigenvalue weighted by Gasteiger charge is 2.10. The summed E-state index contributed by atoms with van der Waals surface area (Å²) in [7, 11) is 1.68. The molecular formula is C14H18N2OS. The van der Waals surface area contributed by atoms with E-state index < -0.39 is 0 Å². The van der Waals surface area contributed by atoms with Crippen LogP contribution in [0.5, 0.6) is 5.75 Å². The standard InChI is InChI=1S/C14H18N2OS/c1-17-12-7-4-11(5-8-12)6-9-13(16-15)14-3-2-10-18-14/h2-5,7-8,10,13,16H,6,9,15H2,1H3. The van der Waals surface area contributed by atoms with Gasteiger partial charge in [-0.2, -0.15) is 0 Å². The number of hydrazine groups is 1. The highest BCUT2D eigenvalue weighted by atomic mass is 32.1. The number of methoxy groups -OCH3 is 1. The molecule has 1 heterocycles. The largest absolute Gasteiger partial charge is 0.497 e. The fraction of sp³-hybridized carbons (Fsp3) is 0.286. The monoisotopic (exact) mass is 262 g/mol. The van der Waals surface area contributed by atoms with Crippen molar-refractivity contribution in [1.82, 2.24) is 5.43 Å². The van der Waals surface area contributed by atoms with Gasteiger partial charge in [0.15, 0.2) is 0 Å². The molecule has 96 valence electrons. The molecular weight excluding hydrogens is 244 g/mol. The first-order chi connectivity index (χ1) is 8.83. The second-order valence-electron chi connectivity index (χ2n) is 4.12. The van der Waals surface area contributed by atoms with Crippen LogP contribution in [-0.4, -0.2) is 7.11 Å². The van der Waals surface area contributed by atoms with E-state index in [1.54, 1.807) is 18.4 Å². The highest BCUT2D eigenvalue weighted by Crippen LogP contribution is 2.23. The van der Waals surface area contributed by atoms with Gasteiger partial charge in [-0.05, 0) is 42.0 Å². The van der Waals surface area contributed by atoms with Gasteiger partial charge in [-0.1, -0.05) is 18.2 Å². The lowest BCUT2D eigenvalue weighted by Gasteiger charge is -2.14. The number of ether oxygens (including phenoxy) is 1.